The van der Waals surface area contributed by atoms with E-state index in [1.165, 1.54) is 56.4 Å². The monoisotopic (exact) mass is 414 g/mol. The summed E-state index contributed by atoms with van der Waals surface area (Å²) in [7, 11) is 1.92. The van der Waals surface area contributed by atoms with Gasteiger partial charge in [0.05, 0.1) is 5.75 Å². The highest BCUT2D eigenvalue weighted by atomic mass is 32.2. The molecule has 1 fully saturated rings. The number of benzene rings is 1. The van der Waals surface area contributed by atoms with Crippen LogP contribution in [0.1, 0.15) is 73.1 Å². The van der Waals surface area contributed by atoms with E-state index in [0.29, 0.717) is 18.2 Å². The van der Waals surface area contributed by atoms with Crippen molar-refractivity contribution in [2.75, 3.05) is 12.3 Å². The van der Waals surface area contributed by atoms with Crippen molar-refractivity contribution in [1.82, 2.24) is 20.1 Å². The molecule has 1 aliphatic carbocycles. The van der Waals surface area contributed by atoms with E-state index in [1.807, 2.05) is 23.7 Å². The maximum absolute atomic E-state index is 12.6. The van der Waals surface area contributed by atoms with Gasteiger partial charge in [-0.25, -0.2) is 0 Å². The number of nitrogens with zero attached hydrogens (tertiary/aromatic N) is 3. The molecule has 3 rings (SSSR count). The van der Waals surface area contributed by atoms with Gasteiger partial charge in [-0.2, -0.15) is 0 Å². The highest BCUT2D eigenvalue weighted by molar-refractivity contribution is 7.99. The summed E-state index contributed by atoms with van der Waals surface area (Å²) < 4.78 is 1.93. The second-order valence-corrected chi connectivity index (χ2v) is 8.66. The van der Waals surface area contributed by atoms with Crippen LogP contribution in [0.4, 0.5) is 0 Å². The fraction of sp³-hybridized carbons (Fsp3) is 0.545. The van der Waals surface area contributed by atoms with Crippen LogP contribution in [0.15, 0.2) is 29.4 Å². The Labute approximate surface area is 176 Å². The third-order valence-electron chi connectivity index (χ3n) is 5.52. The SMILES string of the molecule is CC(=O)NCCCc1nnc(SCC(=O)c2ccc(C3CCCCC3)cc2)n1C. The van der Waals surface area contributed by atoms with Gasteiger partial charge in [-0.05, 0) is 30.7 Å². The lowest BCUT2D eigenvalue weighted by molar-refractivity contribution is -0.118. The first kappa shape index (κ1) is 21.6. The molecule has 1 saturated carbocycles. The quantitative estimate of drug-likeness (QED) is 0.382. The molecule has 0 saturated heterocycles. The van der Waals surface area contributed by atoms with Gasteiger partial charge in [-0.3, -0.25) is 9.59 Å². The molecule has 1 aromatic carbocycles. The smallest absolute Gasteiger partial charge is 0.216 e. The first-order valence-electron chi connectivity index (χ1n) is 10.4. The van der Waals surface area contributed by atoms with Crippen LogP contribution in [0.25, 0.3) is 0 Å². The number of carbonyl (C=O) groups excluding carboxylic acids is 2. The van der Waals surface area contributed by atoms with E-state index >= 15 is 0 Å². The van der Waals surface area contributed by atoms with Crippen LogP contribution in [0.2, 0.25) is 0 Å². The second-order valence-electron chi connectivity index (χ2n) is 7.71. The third-order valence-corrected chi connectivity index (χ3v) is 6.54. The second kappa shape index (κ2) is 10.6. The summed E-state index contributed by atoms with van der Waals surface area (Å²) in [6, 6.07) is 8.20. The Morgan fingerprint density at radius 2 is 1.86 bits per heavy atom. The number of amides is 1. The number of Topliss-reactive ketones (excluding diaryl/α,β-unsaturated/α-hetero) is 1. The minimum atomic E-state index is -0.0236. The average molecular weight is 415 g/mol. The van der Waals surface area contributed by atoms with Crippen molar-refractivity contribution >= 4 is 23.5 Å². The molecule has 0 spiro atoms. The van der Waals surface area contributed by atoms with Crippen molar-refractivity contribution in [3.8, 4) is 0 Å². The molecule has 0 atom stereocenters. The van der Waals surface area contributed by atoms with E-state index in [2.05, 4.69) is 27.6 Å². The van der Waals surface area contributed by atoms with Gasteiger partial charge in [0.1, 0.15) is 5.82 Å². The summed E-state index contributed by atoms with van der Waals surface area (Å²) in [5.41, 5.74) is 2.13. The maximum atomic E-state index is 12.6. The molecule has 1 aromatic heterocycles. The minimum Gasteiger partial charge on any atom is -0.356 e. The van der Waals surface area contributed by atoms with Crippen LogP contribution in [0.5, 0.6) is 0 Å². The van der Waals surface area contributed by atoms with Crippen molar-refractivity contribution in [2.24, 2.45) is 7.05 Å². The Hall–Kier alpha value is -2.15. The van der Waals surface area contributed by atoms with Gasteiger partial charge in [0.15, 0.2) is 10.9 Å². The molecule has 1 N–H and O–H groups in total. The fourth-order valence-corrected chi connectivity index (χ4v) is 4.61. The van der Waals surface area contributed by atoms with Crippen molar-refractivity contribution in [3.63, 3.8) is 0 Å². The van der Waals surface area contributed by atoms with E-state index in [9.17, 15) is 9.59 Å². The van der Waals surface area contributed by atoms with Gasteiger partial charge in [-0.15, -0.1) is 10.2 Å². The lowest BCUT2D eigenvalue weighted by Crippen LogP contribution is -2.21. The van der Waals surface area contributed by atoms with E-state index < -0.39 is 0 Å². The van der Waals surface area contributed by atoms with E-state index in [0.717, 1.165) is 29.4 Å². The number of hydrogen-bond acceptors (Lipinski definition) is 5. The topological polar surface area (TPSA) is 76.9 Å². The number of aryl methyl sites for hydroxylation is 1. The van der Waals surface area contributed by atoms with Crippen molar-refractivity contribution in [2.45, 2.75) is 62.9 Å². The summed E-state index contributed by atoms with van der Waals surface area (Å²) in [6.45, 7) is 2.14. The lowest BCUT2D eigenvalue weighted by Gasteiger charge is -2.22. The maximum Gasteiger partial charge on any atom is 0.216 e. The number of rotatable bonds is 9. The Kier molecular flexibility index (Phi) is 7.86. The minimum absolute atomic E-state index is 0.0236. The first-order valence-corrected chi connectivity index (χ1v) is 11.4. The van der Waals surface area contributed by atoms with Gasteiger partial charge in [0.25, 0.3) is 0 Å². The van der Waals surface area contributed by atoms with E-state index in [4.69, 9.17) is 0 Å². The highest BCUT2D eigenvalue weighted by Crippen LogP contribution is 2.32. The summed E-state index contributed by atoms with van der Waals surface area (Å²) >= 11 is 1.42. The molecule has 6 nitrogen and oxygen atoms in total. The fourth-order valence-electron chi connectivity index (χ4n) is 3.79. The third kappa shape index (κ3) is 6.16. The zero-order valence-electron chi connectivity index (χ0n) is 17.3. The largest absolute Gasteiger partial charge is 0.356 e. The summed E-state index contributed by atoms with van der Waals surface area (Å²) in [4.78, 5) is 23.5. The van der Waals surface area contributed by atoms with Gasteiger partial charge < -0.3 is 9.88 Å². The van der Waals surface area contributed by atoms with Crippen LogP contribution in [-0.4, -0.2) is 38.8 Å². The van der Waals surface area contributed by atoms with Gasteiger partial charge in [-0.1, -0.05) is 55.3 Å². The number of carbonyl (C=O) groups is 2. The zero-order valence-corrected chi connectivity index (χ0v) is 18.1. The predicted molar refractivity (Wildman–Crippen MR) is 115 cm³/mol. The molecule has 1 aliphatic rings. The van der Waals surface area contributed by atoms with Crippen LogP contribution in [0, 0.1) is 0 Å². The zero-order chi connectivity index (χ0) is 20.6. The summed E-state index contributed by atoms with van der Waals surface area (Å²) in [5.74, 6) is 1.96. The molecule has 0 aliphatic heterocycles. The first-order chi connectivity index (χ1) is 14.0. The van der Waals surface area contributed by atoms with Crippen LogP contribution < -0.4 is 5.32 Å². The van der Waals surface area contributed by atoms with Gasteiger partial charge in [0.2, 0.25) is 5.91 Å². The number of thioether (sulfide) groups is 1. The molecule has 2 aromatic rings. The van der Waals surface area contributed by atoms with E-state index in [-0.39, 0.29) is 11.7 Å². The number of aromatic nitrogens is 3. The summed E-state index contributed by atoms with van der Waals surface area (Å²) in [5, 5.41) is 11.9. The molecule has 29 heavy (non-hydrogen) atoms. The molecule has 0 unspecified atom stereocenters. The molecule has 1 heterocycles. The number of ketones is 1. The van der Waals surface area contributed by atoms with Gasteiger partial charge in [0, 0.05) is 32.5 Å². The molecule has 0 radical (unpaired) electrons. The van der Waals surface area contributed by atoms with Crippen LogP contribution in [-0.2, 0) is 18.3 Å². The van der Waals surface area contributed by atoms with Crippen molar-refractivity contribution < 1.29 is 9.59 Å². The van der Waals surface area contributed by atoms with Crippen LogP contribution >= 0.6 is 11.8 Å². The molecular formula is C22H30N4O2S. The Balaban J connectivity index is 1.49. The predicted octanol–water partition coefficient (Wildman–Crippen LogP) is 3.91. The average Bonchev–Trinajstić information content (AvgIpc) is 3.09. The normalized spacial score (nSPS) is 14.7. The van der Waals surface area contributed by atoms with E-state index in [1.54, 1.807) is 0 Å². The Bertz CT molecular complexity index is 826. The van der Waals surface area contributed by atoms with Crippen molar-refractivity contribution in [1.29, 1.82) is 0 Å². The Morgan fingerprint density at radius 3 is 2.55 bits per heavy atom. The van der Waals surface area contributed by atoms with Crippen molar-refractivity contribution in [3.05, 3.63) is 41.2 Å². The summed E-state index contributed by atoms with van der Waals surface area (Å²) in [6.07, 6.45) is 8.06. The highest BCUT2D eigenvalue weighted by Gasteiger charge is 2.17. The van der Waals surface area contributed by atoms with Crippen LogP contribution in [0.3, 0.4) is 0 Å². The molecule has 156 valence electrons. The number of hydrogen-bond donors (Lipinski definition) is 1. The van der Waals surface area contributed by atoms with Gasteiger partial charge >= 0.3 is 0 Å². The molecule has 0 bridgehead atoms. The molecule has 1 amide bonds. The molecule has 7 heteroatoms. The molecular weight excluding hydrogens is 384 g/mol. The standard InChI is InChI=1S/C22H30N4O2S/c1-16(27)23-14-6-9-21-24-25-22(26(21)2)29-15-20(28)19-12-10-18(11-13-19)17-7-4-3-5-8-17/h10-13,17H,3-9,14-15H2,1-2H3,(H,23,27). The Morgan fingerprint density at radius 1 is 1.14 bits per heavy atom. The lowest BCUT2D eigenvalue weighted by atomic mass is 9.84. The number of nitrogens with one attached hydrogen (secondary N) is 1.